The average Bonchev–Trinajstić information content (AvgIpc) is 3.12. The highest BCUT2D eigenvalue weighted by Crippen LogP contribution is 2.25. The van der Waals surface area contributed by atoms with Crippen molar-refractivity contribution in [3.63, 3.8) is 0 Å². The van der Waals surface area contributed by atoms with Crippen molar-refractivity contribution >= 4 is 51.4 Å². The molecule has 2 aromatic carbocycles. The summed E-state index contributed by atoms with van der Waals surface area (Å²) in [5, 5.41) is 13.5. The quantitative estimate of drug-likeness (QED) is 0.291. The molecule has 0 saturated carbocycles. The van der Waals surface area contributed by atoms with Gasteiger partial charge in [0.2, 0.25) is 0 Å². The number of halogens is 3. The number of hydrazone groups is 1. The van der Waals surface area contributed by atoms with Crippen LogP contribution in [0.15, 0.2) is 57.2 Å². The van der Waals surface area contributed by atoms with Gasteiger partial charge in [-0.15, -0.1) is 10.2 Å². The molecule has 0 radical (unpaired) electrons. The van der Waals surface area contributed by atoms with Gasteiger partial charge in [-0.05, 0) is 49.4 Å². The monoisotopic (exact) mass is 495 g/mol. The second kappa shape index (κ2) is 10.00. The van der Waals surface area contributed by atoms with Crippen LogP contribution >= 0.6 is 39.3 Å². The first-order valence-corrected chi connectivity index (χ1v) is 10.7. The largest absolute Gasteiger partial charge is 0.302 e. The Labute approximate surface area is 184 Å². The predicted octanol–water partition coefficient (Wildman–Crippen LogP) is 4.76. The van der Waals surface area contributed by atoms with E-state index in [9.17, 15) is 9.18 Å². The van der Waals surface area contributed by atoms with Gasteiger partial charge < -0.3 is 4.57 Å². The van der Waals surface area contributed by atoms with E-state index in [0.717, 1.165) is 10.0 Å². The summed E-state index contributed by atoms with van der Waals surface area (Å²) >= 11 is 10.4. The highest BCUT2D eigenvalue weighted by molar-refractivity contribution is 9.10. The second-order valence-electron chi connectivity index (χ2n) is 5.81. The number of amides is 1. The van der Waals surface area contributed by atoms with Crippen LogP contribution in [-0.2, 0) is 11.3 Å². The standard InChI is InChI=1S/C19H16BrClFN5OS/c1-2-27-18(12-3-6-15(21)7-4-12)25-26-19(27)29-11-17(28)24-23-10-13-9-14(20)5-8-16(13)22/h3-10H,2,11H2,1H3,(H,24,28)/b23-10+. The topological polar surface area (TPSA) is 72.2 Å². The number of benzene rings is 2. The number of hydrogen-bond acceptors (Lipinski definition) is 5. The molecule has 1 N–H and O–H groups in total. The third kappa shape index (κ3) is 5.65. The van der Waals surface area contributed by atoms with E-state index in [-0.39, 0.29) is 17.2 Å². The highest BCUT2D eigenvalue weighted by atomic mass is 79.9. The van der Waals surface area contributed by atoms with E-state index < -0.39 is 5.82 Å². The van der Waals surface area contributed by atoms with Crippen molar-refractivity contribution < 1.29 is 9.18 Å². The smallest absolute Gasteiger partial charge is 0.250 e. The van der Waals surface area contributed by atoms with Crippen LogP contribution in [0.5, 0.6) is 0 Å². The van der Waals surface area contributed by atoms with Crippen molar-refractivity contribution in [3.05, 3.63) is 63.3 Å². The van der Waals surface area contributed by atoms with E-state index in [0.29, 0.717) is 22.5 Å². The summed E-state index contributed by atoms with van der Waals surface area (Å²) in [5.74, 6) is 0.0405. The Hall–Kier alpha value is -2.23. The molecule has 0 aliphatic rings. The first-order valence-electron chi connectivity index (χ1n) is 8.57. The zero-order chi connectivity index (χ0) is 20.8. The van der Waals surface area contributed by atoms with Gasteiger partial charge in [-0.2, -0.15) is 5.10 Å². The Bertz CT molecular complexity index is 1040. The Balaban J connectivity index is 1.61. The molecule has 10 heteroatoms. The van der Waals surface area contributed by atoms with Gasteiger partial charge in [0.25, 0.3) is 5.91 Å². The Morgan fingerprint density at radius 1 is 1.31 bits per heavy atom. The van der Waals surface area contributed by atoms with Gasteiger partial charge in [0, 0.05) is 27.2 Å². The second-order valence-corrected chi connectivity index (χ2v) is 8.10. The summed E-state index contributed by atoms with van der Waals surface area (Å²) < 4.78 is 16.3. The van der Waals surface area contributed by atoms with Gasteiger partial charge in [-0.1, -0.05) is 39.3 Å². The van der Waals surface area contributed by atoms with Crippen molar-refractivity contribution in [3.8, 4) is 11.4 Å². The molecular weight excluding hydrogens is 481 g/mol. The van der Waals surface area contributed by atoms with Crippen LogP contribution in [0, 0.1) is 5.82 Å². The molecule has 0 bridgehead atoms. The third-order valence-electron chi connectivity index (χ3n) is 3.82. The van der Waals surface area contributed by atoms with Gasteiger partial charge in [0.15, 0.2) is 11.0 Å². The minimum Gasteiger partial charge on any atom is -0.302 e. The molecule has 0 unspecified atom stereocenters. The average molecular weight is 497 g/mol. The SMILES string of the molecule is CCn1c(SCC(=O)N/N=C/c2cc(Br)ccc2F)nnc1-c1ccc(Cl)cc1. The number of carbonyl (C=O) groups excluding carboxylic acids is 1. The molecule has 0 aliphatic heterocycles. The number of nitrogens with zero attached hydrogens (tertiary/aromatic N) is 4. The number of hydrogen-bond donors (Lipinski definition) is 1. The summed E-state index contributed by atoms with van der Waals surface area (Å²) in [6, 6.07) is 11.8. The summed E-state index contributed by atoms with van der Waals surface area (Å²) in [6.07, 6.45) is 1.26. The molecule has 0 aliphatic carbocycles. The first-order chi connectivity index (χ1) is 14.0. The molecule has 0 fully saturated rings. The number of carbonyl (C=O) groups is 1. The summed E-state index contributed by atoms with van der Waals surface area (Å²) in [7, 11) is 0. The van der Waals surface area contributed by atoms with E-state index in [2.05, 4.69) is 36.7 Å². The number of aromatic nitrogens is 3. The zero-order valence-corrected chi connectivity index (χ0v) is 18.4. The fourth-order valence-corrected chi connectivity index (χ4v) is 3.74. The Morgan fingerprint density at radius 2 is 2.07 bits per heavy atom. The van der Waals surface area contributed by atoms with Gasteiger partial charge in [-0.25, -0.2) is 9.82 Å². The van der Waals surface area contributed by atoms with E-state index in [4.69, 9.17) is 11.6 Å². The minimum atomic E-state index is -0.425. The van der Waals surface area contributed by atoms with Crippen LogP contribution in [0.25, 0.3) is 11.4 Å². The molecule has 3 rings (SSSR count). The van der Waals surface area contributed by atoms with E-state index in [1.807, 2.05) is 23.6 Å². The van der Waals surface area contributed by atoms with Crippen LogP contribution in [0.2, 0.25) is 5.02 Å². The molecule has 1 aromatic heterocycles. The lowest BCUT2D eigenvalue weighted by molar-refractivity contribution is -0.118. The lowest BCUT2D eigenvalue weighted by atomic mass is 10.2. The van der Waals surface area contributed by atoms with E-state index in [1.54, 1.807) is 24.3 Å². The fraction of sp³-hybridized carbons (Fsp3) is 0.158. The molecule has 1 heterocycles. The van der Waals surface area contributed by atoms with Crippen molar-refractivity contribution in [1.29, 1.82) is 0 Å². The lowest BCUT2D eigenvalue weighted by Crippen LogP contribution is -2.20. The molecular formula is C19H16BrClFN5OS. The molecule has 1 amide bonds. The number of thioether (sulfide) groups is 1. The summed E-state index contributed by atoms with van der Waals surface area (Å²) in [5.41, 5.74) is 3.54. The molecule has 0 atom stereocenters. The fourth-order valence-electron chi connectivity index (χ4n) is 2.44. The van der Waals surface area contributed by atoms with Gasteiger partial charge in [0.05, 0.1) is 12.0 Å². The number of nitrogens with one attached hydrogen (secondary N) is 1. The minimum absolute atomic E-state index is 0.0943. The number of rotatable bonds is 7. The van der Waals surface area contributed by atoms with Crippen LogP contribution in [0.1, 0.15) is 12.5 Å². The Kier molecular flexibility index (Phi) is 7.40. The van der Waals surface area contributed by atoms with Crippen LogP contribution in [0.4, 0.5) is 4.39 Å². The van der Waals surface area contributed by atoms with Crippen molar-refractivity contribution in [2.24, 2.45) is 5.10 Å². The molecule has 0 saturated heterocycles. The molecule has 3 aromatic rings. The summed E-state index contributed by atoms with van der Waals surface area (Å²) in [6.45, 7) is 2.62. The van der Waals surface area contributed by atoms with Gasteiger partial charge in [-0.3, -0.25) is 4.79 Å². The maximum Gasteiger partial charge on any atom is 0.250 e. The Morgan fingerprint density at radius 3 is 2.79 bits per heavy atom. The van der Waals surface area contributed by atoms with E-state index in [1.165, 1.54) is 24.0 Å². The van der Waals surface area contributed by atoms with Crippen LogP contribution in [0.3, 0.4) is 0 Å². The van der Waals surface area contributed by atoms with Crippen LogP contribution in [-0.4, -0.2) is 32.6 Å². The third-order valence-corrected chi connectivity index (χ3v) is 5.53. The summed E-state index contributed by atoms with van der Waals surface area (Å²) in [4.78, 5) is 12.1. The maximum absolute atomic E-state index is 13.7. The predicted molar refractivity (Wildman–Crippen MR) is 117 cm³/mol. The highest BCUT2D eigenvalue weighted by Gasteiger charge is 2.14. The van der Waals surface area contributed by atoms with Gasteiger partial charge in [0.1, 0.15) is 5.82 Å². The van der Waals surface area contributed by atoms with Crippen molar-refractivity contribution in [2.75, 3.05) is 5.75 Å². The van der Waals surface area contributed by atoms with Crippen molar-refractivity contribution in [1.82, 2.24) is 20.2 Å². The zero-order valence-electron chi connectivity index (χ0n) is 15.3. The first kappa shape index (κ1) is 21.5. The normalized spacial score (nSPS) is 11.2. The van der Waals surface area contributed by atoms with E-state index >= 15 is 0 Å². The molecule has 29 heavy (non-hydrogen) atoms. The van der Waals surface area contributed by atoms with Crippen molar-refractivity contribution in [2.45, 2.75) is 18.6 Å². The maximum atomic E-state index is 13.7. The van der Waals surface area contributed by atoms with Gasteiger partial charge >= 0.3 is 0 Å². The molecule has 0 spiro atoms. The lowest BCUT2D eigenvalue weighted by Gasteiger charge is -2.07. The molecule has 150 valence electrons. The molecule has 6 nitrogen and oxygen atoms in total. The van der Waals surface area contributed by atoms with Crippen LogP contribution < -0.4 is 5.43 Å².